The second-order valence-electron chi connectivity index (χ2n) is 6.47. The molecule has 1 saturated carbocycles. The maximum absolute atomic E-state index is 10.4. The average molecular weight is 260 g/mol. The molecule has 1 aliphatic heterocycles. The van der Waals surface area contributed by atoms with Gasteiger partial charge in [0.15, 0.2) is 0 Å². The van der Waals surface area contributed by atoms with Gasteiger partial charge in [-0.15, -0.1) is 0 Å². The molecule has 2 atom stereocenters. The number of aliphatic hydroxyl groups is 1. The smallest absolute Gasteiger partial charge is 0.125 e. The molecule has 0 radical (unpaired) electrons. The second-order valence-corrected chi connectivity index (χ2v) is 6.47. The summed E-state index contributed by atoms with van der Waals surface area (Å²) in [5.74, 6) is 2.38. The minimum Gasteiger partial charge on any atom is -0.490 e. The largest absolute Gasteiger partial charge is 0.490 e. The molecule has 0 aromatic heterocycles. The maximum Gasteiger partial charge on any atom is 0.125 e. The molecule has 1 unspecified atom stereocenters. The quantitative estimate of drug-likeness (QED) is 0.827. The van der Waals surface area contributed by atoms with E-state index < -0.39 is 0 Å². The molecule has 1 aliphatic carbocycles. The third-order valence-electron chi connectivity index (χ3n) is 4.84. The molecule has 3 rings (SSSR count). The summed E-state index contributed by atoms with van der Waals surface area (Å²) in [6.45, 7) is 4.40. The summed E-state index contributed by atoms with van der Waals surface area (Å²) in [5, 5.41) is 10.4. The molecule has 2 heteroatoms. The van der Waals surface area contributed by atoms with Gasteiger partial charge in [-0.2, -0.15) is 0 Å². The van der Waals surface area contributed by atoms with Crippen molar-refractivity contribution >= 4 is 0 Å². The molecule has 1 N–H and O–H groups in total. The third-order valence-corrected chi connectivity index (χ3v) is 4.84. The molecule has 0 saturated heterocycles. The van der Waals surface area contributed by atoms with E-state index >= 15 is 0 Å². The van der Waals surface area contributed by atoms with E-state index in [1.807, 2.05) is 6.07 Å². The van der Waals surface area contributed by atoms with Gasteiger partial charge in [-0.05, 0) is 43.7 Å². The Bertz CT molecular complexity index is 447. The summed E-state index contributed by atoms with van der Waals surface area (Å²) in [7, 11) is 0. The fourth-order valence-corrected chi connectivity index (χ4v) is 3.54. The monoisotopic (exact) mass is 260 g/mol. The Morgan fingerprint density at radius 3 is 2.63 bits per heavy atom. The van der Waals surface area contributed by atoms with Crippen LogP contribution in [0.5, 0.6) is 5.75 Å². The number of aliphatic hydroxyl groups excluding tert-OH is 1. The van der Waals surface area contributed by atoms with Gasteiger partial charge in [0.1, 0.15) is 11.9 Å². The van der Waals surface area contributed by atoms with Gasteiger partial charge in [-0.1, -0.05) is 31.4 Å². The van der Waals surface area contributed by atoms with Crippen LogP contribution in [0.25, 0.3) is 0 Å². The summed E-state index contributed by atoms with van der Waals surface area (Å²) in [6, 6.07) is 6.14. The SMILES string of the molecule is Cc1ccc2c(c1)[C@H](O)CC(C1CCC(C)CC1)O2. The Morgan fingerprint density at radius 2 is 1.89 bits per heavy atom. The van der Waals surface area contributed by atoms with E-state index in [4.69, 9.17) is 4.74 Å². The van der Waals surface area contributed by atoms with Crippen molar-refractivity contribution in [1.82, 2.24) is 0 Å². The van der Waals surface area contributed by atoms with E-state index in [9.17, 15) is 5.11 Å². The van der Waals surface area contributed by atoms with Crippen LogP contribution < -0.4 is 4.74 Å². The van der Waals surface area contributed by atoms with Gasteiger partial charge >= 0.3 is 0 Å². The molecule has 2 nitrogen and oxygen atoms in total. The van der Waals surface area contributed by atoms with Crippen LogP contribution in [0.2, 0.25) is 0 Å². The van der Waals surface area contributed by atoms with E-state index in [0.29, 0.717) is 5.92 Å². The number of ether oxygens (including phenoxy) is 1. The van der Waals surface area contributed by atoms with Crippen molar-refractivity contribution in [2.75, 3.05) is 0 Å². The first-order valence-electron chi connectivity index (χ1n) is 7.58. The maximum atomic E-state index is 10.4. The van der Waals surface area contributed by atoms with Gasteiger partial charge in [0.05, 0.1) is 6.10 Å². The highest BCUT2D eigenvalue weighted by atomic mass is 16.5. The molecule has 19 heavy (non-hydrogen) atoms. The number of fused-ring (bicyclic) bond motifs is 1. The van der Waals surface area contributed by atoms with Crippen molar-refractivity contribution in [2.24, 2.45) is 11.8 Å². The Balaban J connectivity index is 1.75. The van der Waals surface area contributed by atoms with E-state index in [0.717, 1.165) is 23.7 Å². The third kappa shape index (κ3) is 2.64. The zero-order valence-corrected chi connectivity index (χ0v) is 11.9. The number of hydrogen-bond acceptors (Lipinski definition) is 2. The van der Waals surface area contributed by atoms with E-state index in [1.54, 1.807) is 0 Å². The van der Waals surface area contributed by atoms with Crippen molar-refractivity contribution in [3.63, 3.8) is 0 Å². The Morgan fingerprint density at radius 1 is 1.16 bits per heavy atom. The van der Waals surface area contributed by atoms with Gasteiger partial charge in [0, 0.05) is 12.0 Å². The zero-order valence-electron chi connectivity index (χ0n) is 11.9. The fraction of sp³-hybridized carbons (Fsp3) is 0.647. The zero-order chi connectivity index (χ0) is 13.4. The summed E-state index contributed by atoms with van der Waals surface area (Å²) >= 11 is 0. The number of benzene rings is 1. The van der Waals surface area contributed by atoms with E-state index in [1.165, 1.54) is 31.2 Å². The molecule has 1 aromatic rings. The molecule has 1 heterocycles. The van der Waals surface area contributed by atoms with Crippen molar-refractivity contribution in [1.29, 1.82) is 0 Å². The van der Waals surface area contributed by atoms with Gasteiger partial charge in [-0.3, -0.25) is 0 Å². The number of rotatable bonds is 1. The van der Waals surface area contributed by atoms with E-state index in [2.05, 4.69) is 26.0 Å². The molecule has 104 valence electrons. The van der Waals surface area contributed by atoms with Gasteiger partial charge < -0.3 is 9.84 Å². The molecular formula is C17H24O2. The van der Waals surface area contributed by atoms with Crippen molar-refractivity contribution < 1.29 is 9.84 Å². The molecule has 1 aromatic carbocycles. The summed E-state index contributed by atoms with van der Waals surface area (Å²) in [4.78, 5) is 0. The van der Waals surface area contributed by atoms with Crippen LogP contribution >= 0.6 is 0 Å². The predicted molar refractivity (Wildman–Crippen MR) is 76.3 cm³/mol. The first kappa shape index (κ1) is 13.0. The second kappa shape index (κ2) is 5.16. The van der Waals surface area contributed by atoms with E-state index in [-0.39, 0.29) is 12.2 Å². The first-order chi connectivity index (χ1) is 9.13. The molecule has 1 fully saturated rings. The number of aryl methyl sites for hydroxylation is 1. The standard InChI is InChI=1S/C17H24O2/c1-11-3-6-13(7-4-11)17-10-15(18)14-9-12(2)5-8-16(14)19-17/h5,8-9,11,13,15,17-18H,3-4,6-7,10H2,1-2H3/t11?,13?,15-,17?/m1/s1. The van der Waals surface area contributed by atoms with Gasteiger partial charge in [0.2, 0.25) is 0 Å². The van der Waals surface area contributed by atoms with Crippen molar-refractivity contribution in [3.8, 4) is 5.75 Å². The van der Waals surface area contributed by atoms with Gasteiger partial charge in [-0.25, -0.2) is 0 Å². The number of hydrogen-bond donors (Lipinski definition) is 1. The Labute approximate surface area is 115 Å². The predicted octanol–water partition coefficient (Wildman–Crippen LogP) is 4.01. The molecule has 2 aliphatic rings. The topological polar surface area (TPSA) is 29.5 Å². The van der Waals surface area contributed by atoms with Crippen LogP contribution in [0.1, 0.15) is 56.3 Å². The highest BCUT2D eigenvalue weighted by molar-refractivity contribution is 5.40. The first-order valence-corrected chi connectivity index (χ1v) is 7.58. The minimum atomic E-state index is -0.354. The van der Waals surface area contributed by atoms with Crippen LogP contribution in [-0.2, 0) is 0 Å². The lowest BCUT2D eigenvalue weighted by atomic mass is 9.78. The molecule has 0 bridgehead atoms. The lowest BCUT2D eigenvalue weighted by molar-refractivity contribution is 0.0194. The fourth-order valence-electron chi connectivity index (χ4n) is 3.54. The molecule has 0 amide bonds. The van der Waals surface area contributed by atoms with Crippen molar-refractivity contribution in [2.45, 2.75) is 58.2 Å². The normalized spacial score (nSPS) is 34.5. The average Bonchev–Trinajstić information content (AvgIpc) is 2.40. The van der Waals surface area contributed by atoms with Crippen LogP contribution in [-0.4, -0.2) is 11.2 Å². The Kier molecular flexibility index (Phi) is 3.53. The summed E-state index contributed by atoms with van der Waals surface area (Å²) in [6.07, 6.45) is 5.73. The van der Waals surface area contributed by atoms with Crippen LogP contribution in [0.3, 0.4) is 0 Å². The molecule has 0 spiro atoms. The Hall–Kier alpha value is -1.02. The van der Waals surface area contributed by atoms with Crippen LogP contribution in [0, 0.1) is 18.8 Å². The van der Waals surface area contributed by atoms with Gasteiger partial charge in [0.25, 0.3) is 0 Å². The lowest BCUT2D eigenvalue weighted by Gasteiger charge is -2.37. The van der Waals surface area contributed by atoms with Crippen molar-refractivity contribution in [3.05, 3.63) is 29.3 Å². The summed E-state index contributed by atoms with van der Waals surface area (Å²) < 4.78 is 6.17. The summed E-state index contributed by atoms with van der Waals surface area (Å²) in [5.41, 5.74) is 2.16. The van der Waals surface area contributed by atoms with Crippen LogP contribution in [0.4, 0.5) is 0 Å². The highest BCUT2D eigenvalue weighted by Gasteiger charge is 2.34. The molecular weight excluding hydrogens is 236 g/mol. The minimum absolute atomic E-state index is 0.206. The highest BCUT2D eigenvalue weighted by Crippen LogP contribution is 2.41. The lowest BCUT2D eigenvalue weighted by Crippen LogP contribution is -2.34. The van der Waals surface area contributed by atoms with Crippen LogP contribution in [0.15, 0.2) is 18.2 Å².